The molecule has 0 amide bonds. The fourth-order valence-corrected chi connectivity index (χ4v) is 2.65. The lowest BCUT2D eigenvalue weighted by Gasteiger charge is -2.07. The van der Waals surface area contributed by atoms with Crippen molar-refractivity contribution in [2.45, 2.75) is 19.3 Å². The highest BCUT2D eigenvalue weighted by Crippen LogP contribution is 2.30. The second kappa shape index (κ2) is 4.35. The first kappa shape index (κ1) is 12.2. The Morgan fingerprint density at radius 2 is 2.21 bits per heavy atom. The van der Waals surface area contributed by atoms with Crippen molar-refractivity contribution in [1.82, 2.24) is 9.78 Å². The van der Waals surface area contributed by atoms with E-state index in [0.29, 0.717) is 17.1 Å². The largest absolute Gasteiger partial charge is 0.476 e. The lowest BCUT2D eigenvalue weighted by Crippen LogP contribution is -2.05. The number of carboxylic acids is 1. The molecule has 2 aromatic rings. The Bertz CT molecular complexity index is 682. The van der Waals surface area contributed by atoms with Crippen LogP contribution in [0.5, 0.6) is 0 Å². The summed E-state index contributed by atoms with van der Waals surface area (Å²) in [7, 11) is 0. The Balaban J connectivity index is 2.23. The monoisotopic (exact) mass is 280 g/mol. The summed E-state index contributed by atoms with van der Waals surface area (Å²) in [6, 6.07) is 3.96. The molecule has 0 atom stereocenters. The minimum atomic E-state index is -1.07. The van der Waals surface area contributed by atoms with Gasteiger partial charge in [0.2, 0.25) is 0 Å². The smallest absolute Gasteiger partial charge is 0.356 e. The molecular formula is C13H10ClFN2O2. The van der Waals surface area contributed by atoms with Gasteiger partial charge in [0.15, 0.2) is 5.69 Å². The fourth-order valence-electron chi connectivity index (χ4n) is 2.46. The standard InChI is InChI=1S/C13H10ClFN2O2/c14-9-5-4-7(15)6-11(9)17-10-3-1-2-8(10)12(16-17)13(18)19/h4-6H,1-3H2,(H,18,19). The molecule has 98 valence electrons. The molecule has 1 N–H and O–H groups in total. The van der Waals surface area contributed by atoms with E-state index in [4.69, 9.17) is 16.7 Å². The van der Waals surface area contributed by atoms with Gasteiger partial charge in [-0.3, -0.25) is 0 Å². The number of benzene rings is 1. The molecule has 19 heavy (non-hydrogen) atoms. The van der Waals surface area contributed by atoms with Crippen LogP contribution < -0.4 is 0 Å². The molecule has 0 unspecified atom stereocenters. The summed E-state index contributed by atoms with van der Waals surface area (Å²) >= 11 is 6.05. The molecule has 1 aromatic carbocycles. The van der Waals surface area contributed by atoms with E-state index in [0.717, 1.165) is 24.1 Å². The Hall–Kier alpha value is -1.88. The van der Waals surface area contributed by atoms with Gasteiger partial charge in [-0.05, 0) is 31.4 Å². The molecule has 1 aliphatic rings. The lowest BCUT2D eigenvalue weighted by atomic mass is 10.2. The van der Waals surface area contributed by atoms with Crippen LogP contribution in [0.3, 0.4) is 0 Å². The maximum atomic E-state index is 13.3. The summed E-state index contributed by atoms with van der Waals surface area (Å²) in [5.41, 5.74) is 1.96. The number of fused-ring (bicyclic) bond motifs is 1. The van der Waals surface area contributed by atoms with E-state index in [2.05, 4.69) is 5.10 Å². The third kappa shape index (κ3) is 1.90. The number of hydrogen-bond donors (Lipinski definition) is 1. The molecule has 0 fully saturated rings. The van der Waals surface area contributed by atoms with E-state index in [1.807, 2.05) is 0 Å². The topological polar surface area (TPSA) is 55.1 Å². The van der Waals surface area contributed by atoms with Gasteiger partial charge in [-0.2, -0.15) is 5.10 Å². The van der Waals surface area contributed by atoms with Gasteiger partial charge in [0.05, 0.1) is 10.7 Å². The SMILES string of the molecule is O=C(O)c1nn(-c2cc(F)ccc2Cl)c2c1CCC2. The molecule has 1 heterocycles. The zero-order chi connectivity index (χ0) is 13.6. The Morgan fingerprint density at radius 3 is 2.95 bits per heavy atom. The number of halogens is 2. The van der Waals surface area contributed by atoms with Gasteiger partial charge in [-0.15, -0.1) is 0 Å². The van der Waals surface area contributed by atoms with Crippen LogP contribution in [0.4, 0.5) is 4.39 Å². The van der Waals surface area contributed by atoms with Gasteiger partial charge >= 0.3 is 5.97 Å². The highest BCUT2D eigenvalue weighted by Gasteiger charge is 2.27. The van der Waals surface area contributed by atoms with E-state index < -0.39 is 11.8 Å². The summed E-state index contributed by atoms with van der Waals surface area (Å²) in [5, 5.41) is 13.6. The first-order valence-corrected chi connectivity index (χ1v) is 6.25. The molecule has 6 heteroatoms. The molecule has 0 saturated heterocycles. The number of nitrogens with zero attached hydrogens (tertiary/aromatic N) is 2. The fraction of sp³-hybridized carbons (Fsp3) is 0.231. The Labute approximate surface area is 113 Å². The van der Waals surface area contributed by atoms with Crippen LogP contribution in [0.15, 0.2) is 18.2 Å². The minimum absolute atomic E-state index is 0.0350. The van der Waals surface area contributed by atoms with Crippen LogP contribution in [-0.2, 0) is 12.8 Å². The number of carbonyl (C=O) groups is 1. The molecule has 0 saturated carbocycles. The molecule has 0 bridgehead atoms. The summed E-state index contributed by atoms with van der Waals surface area (Å²) < 4.78 is 14.8. The quantitative estimate of drug-likeness (QED) is 0.920. The summed E-state index contributed by atoms with van der Waals surface area (Å²) in [6.07, 6.45) is 2.28. The van der Waals surface area contributed by atoms with E-state index in [9.17, 15) is 9.18 Å². The molecule has 0 radical (unpaired) electrons. The highest BCUT2D eigenvalue weighted by atomic mass is 35.5. The lowest BCUT2D eigenvalue weighted by molar-refractivity contribution is 0.0689. The van der Waals surface area contributed by atoms with E-state index in [1.165, 1.54) is 22.9 Å². The number of aromatic carboxylic acids is 1. The maximum Gasteiger partial charge on any atom is 0.356 e. The van der Waals surface area contributed by atoms with Crippen molar-refractivity contribution < 1.29 is 14.3 Å². The van der Waals surface area contributed by atoms with Gasteiger partial charge in [0.25, 0.3) is 0 Å². The third-order valence-electron chi connectivity index (χ3n) is 3.27. The molecule has 3 rings (SSSR count). The van der Waals surface area contributed by atoms with Crippen molar-refractivity contribution in [3.05, 3.63) is 46.0 Å². The highest BCUT2D eigenvalue weighted by molar-refractivity contribution is 6.32. The third-order valence-corrected chi connectivity index (χ3v) is 3.59. The van der Waals surface area contributed by atoms with Crippen molar-refractivity contribution in [3.63, 3.8) is 0 Å². The van der Waals surface area contributed by atoms with Gasteiger partial charge in [-0.1, -0.05) is 11.6 Å². The van der Waals surface area contributed by atoms with Crippen LogP contribution in [0.25, 0.3) is 5.69 Å². The molecular weight excluding hydrogens is 271 g/mol. The molecule has 1 aromatic heterocycles. The zero-order valence-corrected chi connectivity index (χ0v) is 10.6. The van der Waals surface area contributed by atoms with E-state index in [1.54, 1.807) is 0 Å². The minimum Gasteiger partial charge on any atom is -0.476 e. The second-order valence-electron chi connectivity index (χ2n) is 4.44. The number of rotatable bonds is 2. The van der Waals surface area contributed by atoms with Gasteiger partial charge < -0.3 is 5.11 Å². The van der Waals surface area contributed by atoms with Crippen molar-refractivity contribution >= 4 is 17.6 Å². The molecule has 1 aliphatic carbocycles. The molecule has 0 aliphatic heterocycles. The van der Waals surface area contributed by atoms with Crippen molar-refractivity contribution in [1.29, 1.82) is 0 Å². The van der Waals surface area contributed by atoms with Crippen molar-refractivity contribution in [2.75, 3.05) is 0 Å². The van der Waals surface area contributed by atoms with Gasteiger partial charge in [-0.25, -0.2) is 13.9 Å². The van der Waals surface area contributed by atoms with Crippen molar-refractivity contribution in [2.24, 2.45) is 0 Å². The van der Waals surface area contributed by atoms with Gasteiger partial charge in [0.1, 0.15) is 5.82 Å². The number of carboxylic acid groups (broad SMARTS) is 1. The summed E-state index contributed by atoms with van der Waals surface area (Å²) in [4.78, 5) is 11.2. The van der Waals surface area contributed by atoms with Crippen LogP contribution in [0, 0.1) is 5.82 Å². The van der Waals surface area contributed by atoms with Crippen LogP contribution in [0.2, 0.25) is 5.02 Å². The number of aromatic nitrogens is 2. The predicted molar refractivity (Wildman–Crippen MR) is 67.5 cm³/mol. The summed E-state index contributed by atoms with van der Waals surface area (Å²) in [6.45, 7) is 0. The molecule has 0 spiro atoms. The normalized spacial score (nSPS) is 13.6. The molecule has 4 nitrogen and oxygen atoms in total. The Morgan fingerprint density at radius 1 is 1.42 bits per heavy atom. The first-order chi connectivity index (χ1) is 9.08. The zero-order valence-electron chi connectivity index (χ0n) is 9.86. The van der Waals surface area contributed by atoms with Crippen LogP contribution in [0.1, 0.15) is 28.2 Å². The van der Waals surface area contributed by atoms with E-state index >= 15 is 0 Å². The average molecular weight is 281 g/mol. The van der Waals surface area contributed by atoms with Crippen LogP contribution in [-0.4, -0.2) is 20.9 Å². The first-order valence-electron chi connectivity index (χ1n) is 5.87. The van der Waals surface area contributed by atoms with Gasteiger partial charge in [0, 0.05) is 17.3 Å². The summed E-state index contributed by atoms with van der Waals surface area (Å²) in [5.74, 6) is -1.50. The Kier molecular flexibility index (Phi) is 2.78. The second-order valence-corrected chi connectivity index (χ2v) is 4.85. The predicted octanol–water partition coefficient (Wildman–Crippen LogP) is 2.85. The van der Waals surface area contributed by atoms with Crippen LogP contribution >= 0.6 is 11.6 Å². The van der Waals surface area contributed by atoms with Crippen molar-refractivity contribution in [3.8, 4) is 5.69 Å². The maximum absolute atomic E-state index is 13.3. The van der Waals surface area contributed by atoms with E-state index in [-0.39, 0.29) is 5.69 Å². The number of hydrogen-bond acceptors (Lipinski definition) is 2. The average Bonchev–Trinajstić information content (AvgIpc) is 2.93.